The predicted octanol–water partition coefficient (Wildman–Crippen LogP) is 4.87. The zero-order valence-corrected chi connectivity index (χ0v) is 13.8. The van der Waals surface area contributed by atoms with E-state index in [9.17, 15) is 4.79 Å². The number of hydrogen-bond donors (Lipinski definition) is 1. The highest BCUT2D eigenvalue weighted by molar-refractivity contribution is 7.99. The minimum Gasteiger partial charge on any atom is -0.457 e. The number of ether oxygens (including phenoxy) is 2. The van der Waals surface area contributed by atoms with Crippen molar-refractivity contribution >= 4 is 17.9 Å². The summed E-state index contributed by atoms with van der Waals surface area (Å²) in [5, 5.41) is 2.57. The molecular weight excluding hydrogens is 310 g/mol. The first-order chi connectivity index (χ1) is 11.2. The molecule has 5 heteroatoms. The molecule has 1 N–H and O–H groups in total. The number of amides is 1. The second-order valence-corrected chi connectivity index (χ2v) is 5.66. The van der Waals surface area contributed by atoms with Gasteiger partial charge in [0.2, 0.25) is 0 Å². The maximum absolute atomic E-state index is 11.3. The summed E-state index contributed by atoms with van der Waals surface area (Å²) in [6.45, 7) is 6.07. The van der Waals surface area contributed by atoms with Crippen molar-refractivity contribution in [3.8, 4) is 17.2 Å². The van der Waals surface area contributed by atoms with Crippen molar-refractivity contribution in [1.29, 1.82) is 0 Å². The molecule has 0 saturated heterocycles. The lowest BCUT2D eigenvalue weighted by Crippen LogP contribution is -2.26. The van der Waals surface area contributed by atoms with E-state index in [-0.39, 0.29) is 0 Å². The summed E-state index contributed by atoms with van der Waals surface area (Å²) >= 11 is 1.72. The summed E-state index contributed by atoms with van der Waals surface area (Å²) in [4.78, 5) is 12.5. The molecule has 4 nitrogen and oxygen atoms in total. The van der Waals surface area contributed by atoms with E-state index in [0.29, 0.717) is 18.0 Å². The van der Waals surface area contributed by atoms with Gasteiger partial charge in [-0.3, -0.25) is 0 Å². The smallest absolute Gasteiger partial charge is 0.412 e. The molecule has 0 spiro atoms. The highest BCUT2D eigenvalue weighted by atomic mass is 32.2. The monoisotopic (exact) mass is 329 g/mol. The Hall–Kier alpha value is -2.40. The highest BCUT2D eigenvalue weighted by Gasteiger charge is 2.03. The summed E-state index contributed by atoms with van der Waals surface area (Å²) in [5.74, 6) is 2.79. The molecule has 0 unspecified atom stereocenters. The average Bonchev–Trinajstić information content (AvgIpc) is 2.56. The Kier molecular flexibility index (Phi) is 6.56. The zero-order valence-electron chi connectivity index (χ0n) is 13.0. The van der Waals surface area contributed by atoms with Gasteiger partial charge in [0.05, 0.1) is 0 Å². The topological polar surface area (TPSA) is 47.6 Å². The SMILES string of the molecule is C=CCSc1ccc(Oc2ccc(OC(=O)NCC)cc2)cc1. The van der Waals surface area contributed by atoms with Crippen LogP contribution in [0.3, 0.4) is 0 Å². The molecule has 23 heavy (non-hydrogen) atoms. The van der Waals surface area contributed by atoms with E-state index in [4.69, 9.17) is 9.47 Å². The molecule has 2 rings (SSSR count). The van der Waals surface area contributed by atoms with E-state index in [1.54, 1.807) is 36.0 Å². The highest BCUT2D eigenvalue weighted by Crippen LogP contribution is 2.26. The molecule has 120 valence electrons. The average molecular weight is 329 g/mol. The summed E-state index contributed by atoms with van der Waals surface area (Å²) in [6.07, 6.45) is 1.41. The number of thioether (sulfide) groups is 1. The van der Waals surface area contributed by atoms with Crippen LogP contribution in [0.5, 0.6) is 17.2 Å². The van der Waals surface area contributed by atoms with Crippen LogP contribution in [-0.2, 0) is 0 Å². The van der Waals surface area contributed by atoms with Gasteiger partial charge in [-0.25, -0.2) is 4.79 Å². The van der Waals surface area contributed by atoms with Gasteiger partial charge < -0.3 is 14.8 Å². The summed E-state index contributed by atoms with van der Waals surface area (Å²) in [7, 11) is 0. The maximum Gasteiger partial charge on any atom is 0.412 e. The van der Waals surface area contributed by atoms with Crippen LogP contribution in [0.4, 0.5) is 4.79 Å². The van der Waals surface area contributed by atoms with Crippen molar-refractivity contribution in [1.82, 2.24) is 5.32 Å². The second-order valence-electron chi connectivity index (χ2n) is 4.56. The Morgan fingerprint density at radius 1 is 1.09 bits per heavy atom. The van der Waals surface area contributed by atoms with Gasteiger partial charge in [-0.15, -0.1) is 18.3 Å². The number of carbonyl (C=O) groups excluding carboxylic acids is 1. The first-order valence-electron chi connectivity index (χ1n) is 7.28. The number of nitrogens with one attached hydrogen (secondary N) is 1. The fraction of sp³-hybridized carbons (Fsp3) is 0.167. The summed E-state index contributed by atoms with van der Waals surface area (Å²) < 4.78 is 10.9. The Bertz CT molecular complexity index is 638. The third-order valence-corrected chi connectivity index (χ3v) is 3.79. The van der Waals surface area contributed by atoms with Gasteiger partial charge in [-0.2, -0.15) is 0 Å². The molecule has 0 heterocycles. The fourth-order valence-electron chi connectivity index (χ4n) is 1.76. The first-order valence-corrected chi connectivity index (χ1v) is 8.27. The molecule has 2 aromatic rings. The molecule has 0 fully saturated rings. The standard InChI is InChI=1S/C18H19NO3S/c1-3-13-23-17-11-9-15(10-12-17)21-14-5-7-16(8-6-14)22-18(20)19-4-2/h3,5-12H,1,4,13H2,2H3,(H,19,20). The second kappa shape index (κ2) is 8.90. The van der Waals surface area contributed by atoms with Crippen LogP contribution in [0.25, 0.3) is 0 Å². The van der Waals surface area contributed by atoms with E-state index in [1.807, 2.05) is 37.3 Å². The van der Waals surface area contributed by atoms with Crippen molar-refractivity contribution in [2.75, 3.05) is 12.3 Å². The number of rotatable bonds is 7. The molecule has 1 amide bonds. The minimum absolute atomic E-state index is 0.464. The van der Waals surface area contributed by atoms with E-state index >= 15 is 0 Å². The lowest BCUT2D eigenvalue weighted by molar-refractivity contribution is 0.201. The molecule has 0 saturated carbocycles. The van der Waals surface area contributed by atoms with Gasteiger partial charge in [0.1, 0.15) is 17.2 Å². The van der Waals surface area contributed by atoms with Crippen molar-refractivity contribution < 1.29 is 14.3 Å². The third-order valence-electron chi connectivity index (χ3n) is 2.78. The summed E-state index contributed by atoms with van der Waals surface area (Å²) in [6, 6.07) is 14.8. The zero-order chi connectivity index (χ0) is 16.5. The number of carbonyl (C=O) groups is 1. The third kappa shape index (κ3) is 5.71. The van der Waals surface area contributed by atoms with Gasteiger partial charge >= 0.3 is 6.09 Å². The summed E-state index contributed by atoms with van der Waals surface area (Å²) in [5.41, 5.74) is 0. The fourth-order valence-corrected chi connectivity index (χ4v) is 2.40. The Balaban J connectivity index is 1.92. The quantitative estimate of drug-likeness (QED) is 0.582. The van der Waals surface area contributed by atoms with Gasteiger partial charge in [0.15, 0.2) is 0 Å². The van der Waals surface area contributed by atoms with Crippen molar-refractivity contribution in [2.24, 2.45) is 0 Å². The van der Waals surface area contributed by atoms with Crippen LogP contribution in [0.15, 0.2) is 66.1 Å². The van der Waals surface area contributed by atoms with Crippen molar-refractivity contribution in [3.63, 3.8) is 0 Å². The Morgan fingerprint density at radius 3 is 2.22 bits per heavy atom. The molecule has 2 aromatic carbocycles. The number of hydrogen-bond acceptors (Lipinski definition) is 4. The van der Waals surface area contributed by atoms with Crippen molar-refractivity contribution in [3.05, 3.63) is 61.2 Å². The van der Waals surface area contributed by atoms with Gasteiger partial charge in [-0.1, -0.05) is 6.08 Å². The van der Waals surface area contributed by atoms with Gasteiger partial charge in [-0.05, 0) is 55.5 Å². The first kappa shape index (κ1) is 17.0. The predicted molar refractivity (Wildman–Crippen MR) is 93.6 cm³/mol. The maximum atomic E-state index is 11.3. The van der Waals surface area contributed by atoms with Crippen LogP contribution >= 0.6 is 11.8 Å². The molecule has 0 aromatic heterocycles. The Morgan fingerprint density at radius 2 is 1.65 bits per heavy atom. The molecule has 0 atom stereocenters. The molecular formula is C18H19NO3S. The normalized spacial score (nSPS) is 9.96. The lowest BCUT2D eigenvalue weighted by atomic mass is 10.3. The molecule has 0 aliphatic rings. The molecule has 0 aliphatic heterocycles. The van der Waals surface area contributed by atoms with Gasteiger partial charge in [0, 0.05) is 17.2 Å². The van der Waals surface area contributed by atoms with Crippen LogP contribution in [-0.4, -0.2) is 18.4 Å². The molecule has 0 aliphatic carbocycles. The van der Waals surface area contributed by atoms with Crippen LogP contribution in [0, 0.1) is 0 Å². The lowest BCUT2D eigenvalue weighted by Gasteiger charge is -2.08. The van der Waals surface area contributed by atoms with E-state index in [2.05, 4.69) is 11.9 Å². The van der Waals surface area contributed by atoms with Crippen LogP contribution in [0.1, 0.15) is 6.92 Å². The minimum atomic E-state index is -0.464. The largest absolute Gasteiger partial charge is 0.457 e. The van der Waals surface area contributed by atoms with E-state index < -0.39 is 6.09 Å². The van der Waals surface area contributed by atoms with E-state index in [0.717, 1.165) is 11.5 Å². The molecule has 0 bridgehead atoms. The van der Waals surface area contributed by atoms with Crippen LogP contribution < -0.4 is 14.8 Å². The number of benzene rings is 2. The Labute approximate surface area is 140 Å². The van der Waals surface area contributed by atoms with E-state index in [1.165, 1.54) is 4.90 Å². The molecule has 0 radical (unpaired) electrons. The van der Waals surface area contributed by atoms with Gasteiger partial charge in [0.25, 0.3) is 0 Å². The van der Waals surface area contributed by atoms with Crippen molar-refractivity contribution in [2.45, 2.75) is 11.8 Å². The van der Waals surface area contributed by atoms with Crippen LogP contribution in [0.2, 0.25) is 0 Å².